The number of hydrogen-bond acceptors (Lipinski definition) is 0. The number of hydrogen-bond donors (Lipinski definition) is 0. The first kappa shape index (κ1) is 17.2. The van der Waals surface area contributed by atoms with Gasteiger partial charge in [0.05, 0.1) is 0 Å². The molecule has 0 nitrogen and oxygen atoms in total. The maximum Gasteiger partial charge on any atom is 0.0175 e. The van der Waals surface area contributed by atoms with Crippen LogP contribution in [0.1, 0.15) is 16.7 Å². The smallest absolute Gasteiger partial charge is 0.0175 e. The Kier molecular flexibility index (Phi) is 5.93. The minimum absolute atomic E-state index is 1.10. The van der Waals surface area contributed by atoms with Gasteiger partial charge in [0, 0.05) is 11.6 Å². The largest absolute Gasteiger partial charge is 0.0538 e. The van der Waals surface area contributed by atoms with E-state index in [9.17, 15) is 0 Å². The van der Waals surface area contributed by atoms with E-state index in [4.69, 9.17) is 0 Å². The summed E-state index contributed by atoms with van der Waals surface area (Å²) >= 11 is 8.18. The molecule has 0 aromatic heterocycles. The van der Waals surface area contributed by atoms with Crippen molar-refractivity contribution in [2.75, 3.05) is 0 Å². The van der Waals surface area contributed by atoms with Crippen molar-refractivity contribution >= 4 is 72.8 Å². The molecule has 0 aliphatic carbocycles. The molecule has 3 heteroatoms. The van der Waals surface area contributed by atoms with Crippen molar-refractivity contribution in [1.82, 2.24) is 0 Å². The molecule has 114 valence electrons. The highest BCUT2D eigenvalue weighted by molar-refractivity contribution is 14.1. The topological polar surface area (TPSA) is 0 Å². The second-order valence-electron chi connectivity index (χ2n) is 5.12. The minimum atomic E-state index is 1.10. The van der Waals surface area contributed by atoms with Crippen molar-refractivity contribution in [3.63, 3.8) is 0 Å². The highest BCUT2D eigenvalue weighted by Gasteiger charge is 2.06. The first-order valence-electron chi connectivity index (χ1n) is 7.11. The summed E-state index contributed by atoms with van der Waals surface area (Å²) in [7, 11) is 0. The standard InChI is InChI=1S/C20H13BrI2/c21-17-7-1-14(2-8-17)13-20(15-3-9-18(22)10-4-15)16-5-11-19(23)12-6-16/h1-13H. The van der Waals surface area contributed by atoms with Crippen molar-refractivity contribution in [2.45, 2.75) is 0 Å². The van der Waals surface area contributed by atoms with Crippen LogP contribution in [0.15, 0.2) is 77.3 Å². The predicted octanol–water partition coefficient (Wildman–Crippen LogP) is 7.25. The van der Waals surface area contributed by atoms with Gasteiger partial charge in [0.15, 0.2) is 0 Å². The Morgan fingerprint density at radius 1 is 0.652 bits per heavy atom. The van der Waals surface area contributed by atoms with Crippen molar-refractivity contribution in [3.8, 4) is 0 Å². The van der Waals surface area contributed by atoms with Crippen molar-refractivity contribution < 1.29 is 0 Å². The summed E-state index contributed by atoms with van der Waals surface area (Å²) in [5.41, 5.74) is 4.89. The van der Waals surface area contributed by atoms with Gasteiger partial charge in [-0.15, -0.1) is 0 Å². The van der Waals surface area contributed by atoms with Gasteiger partial charge in [0.25, 0.3) is 0 Å². The van der Waals surface area contributed by atoms with Crippen LogP contribution >= 0.6 is 61.1 Å². The number of rotatable bonds is 3. The molecule has 3 rings (SSSR count). The third kappa shape index (κ3) is 4.67. The minimum Gasteiger partial charge on any atom is -0.0538 e. The molecule has 0 atom stereocenters. The van der Waals surface area contributed by atoms with E-state index in [2.05, 4.69) is 140 Å². The Hall–Kier alpha value is -0.660. The van der Waals surface area contributed by atoms with Crippen LogP contribution in [0.4, 0.5) is 0 Å². The van der Waals surface area contributed by atoms with Gasteiger partial charge in [-0.25, -0.2) is 0 Å². The molecule has 0 N–H and O–H groups in total. The van der Waals surface area contributed by atoms with Gasteiger partial charge in [-0.2, -0.15) is 0 Å². The number of benzene rings is 3. The average molecular weight is 587 g/mol. The van der Waals surface area contributed by atoms with Crippen LogP contribution in [0, 0.1) is 7.14 Å². The molecule has 23 heavy (non-hydrogen) atoms. The van der Waals surface area contributed by atoms with E-state index in [1.807, 2.05) is 0 Å². The van der Waals surface area contributed by atoms with E-state index in [0.717, 1.165) is 4.47 Å². The van der Waals surface area contributed by atoms with Crippen LogP contribution in [-0.4, -0.2) is 0 Å². The molecule has 0 saturated carbocycles. The lowest BCUT2D eigenvalue weighted by molar-refractivity contribution is 1.52. The maximum atomic E-state index is 3.50. The molecule has 0 unspecified atom stereocenters. The summed E-state index contributed by atoms with van der Waals surface area (Å²) in [5.74, 6) is 0. The lowest BCUT2D eigenvalue weighted by atomic mass is 9.96. The fourth-order valence-electron chi connectivity index (χ4n) is 2.32. The average Bonchev–Trinajstić information content (AvgIpc) is 2.56. The van der Waals surface area contributed by atoms with Gasteiger partial charge in [0.1, 0.15) is 0 Å². The molecule has 0 radical (unpaired) electrons. The van der Waals surface area contributed by atoms with E-state index in [-0.39, 0.29) is 0 Å². The number of halogens is 3. The van der Waals surface area contributed by atoms with Crippen LogP contribution in [0.25, 0.3) is 11.6 Å². The van der Waals surface area contributed by atoms with E-state index in [1.54, 1.807) is 0 Å². The van der Waals surface area contributed by atoms with Gasteiger partial charge >= 0.3 is 0 Å². The lowest BCUT2D eigenvalue weighted by Gasteiger charge is -2.10. The zero-order valence-electron chi connectivity index (χ0n) is 12.1. The molecule has 3 aromatic rings. The lowest BCUT2D eigenvalue weighted by Crippen LogP contribution is -1.89. The summed E-state index contributed by atoms with van der Waals surface area (Å²) in [6, 6.07) is 25.7. The first-order chi connectivity index (χ1) is 11.1. The van der Waals surface area contributed by atoms with Crippen molar-refractivity contribution in [2.24, 2.45) is 0 Å². The quantitative estimate of drug-likeness (QED) is 0.224. The summed E-state index contributed by atoms with van der Waals surface area (Å²) in [6.07, 6.45) is 2.25. The van der Waals surface area contributed by atoms with Gasteiger partial charge < -0.3 is 0 Å². The third-order valence-electron chi connectivity index (χ3n) is 3.49. The molecule has 0 aliphatic heterocycles. The van der Waals surface area contributed by atoms with Crippen LogP contribution in [0.5, 0.6) is 0 Å². The maximum absolute atomic E-state index is 3.50. The van der Waals surface area contributed by atoms with Crippen LogP contribution in [0.3, 0.4) is 0 Å². The van der Waals surface area contributed by atoms with Crippen LogP contribution < -0.4 is 0 Å². The van der Waals surface area contributed by atoms with E-state index < -0.39 is 0 Å². The van der Waals surface area contributed by atoms with Crippen LogP contribution in [-0.2, 0) is 0 Å². The van der Waals surface area contributed by atoms with E-state index in [1.165, 1.54) is 29.4 Å². The van der Waals surface area contributed by atoms with Gasteiger partial charge in [0.2, 0.25) is 0 Å². The Labute approximate surface area is 172 Å². The predicted molar refractivity (Wildman–Crippen MR) is 119 cm³/mol. The molecular weight excluding hydrogens is 574 g/mol. The Morgan fingerprint density at radius 3 is 1.52 bits per heavy atom. The Morgan fingerprint density at radius 2 is 1.09 bits per heavy atom. The molecule has 0 heterocycles. The second-order valence-corrected chi connectivity index (χ2v) is 8.53. The van der Waals surface area contributed by atoms with Crippen LogP contribution in [0.2, 0.25) is 0 Å². The highest BCUT2D eigenvalue weighted by atomic mass is 127. The fraction of sp³-hybridized carbons (Fsp3) is 0. The summed E-state index contributed by atoms with van der Waals surface area (Å²) < 4.78 is 3.59. The van der Waals surface area contributed by atoms with Crippen molar-refractivity contribution in [1.29, 1.82) is 0 Å². The molecule has 3 aromatic carbocycles. The highest BCUT2D eigenvalue weighted by Crippen LogP contribution is 2.27. The second kappa shape index (κ2) is 7.94. The SMILES string of the molecule is Brc1ccc(C=C(c2ccc(I)cc2)c2ccc(I)cc2)cc1. The molecule has 0 saturated heterocycles. The zero-order chi connectivity index (χ0) is 16.2. The molecule has 0 bridgehead atoms. The molecule has 0 aliphatic rings. The monoisotopic (exact) mass is 586 g/mol. The molecule has 0 amide bonds. The first-order valence-corrected chi connectivity index (χ1v) is 10.1. The summed E-state index contributed by atoms with van der Waals surface area (Å²) in [6.45, 7) is 0. The Bertz CT molecular complexity index is 770. The van der Waals surface area contributed by atoms with Gasteiger partial charge in [-0.1, -0.05) is 52.3 Å². The summed E-state index contributed by atoms with van der Waals surface area (Å²) in [4.78, 5) is 0. The molecular formula is C20H13BrI2. The van der Waals surface area contributed by atoms with Gasteiger partial charge in [-0.05, 0) is 110 Å². The normalized spacial score (nSPS) is 10.4. The fourth-order valence-corrected chi connectivity index (χ4v) is 3.30. The zero-order valence-corrected chi connectivity index (χ0v) is 18.0. The third-order valence-corrected chi connectivity index (χ3v) is 5.46. The molecule has 0 spiro atoms. The Balaban J connectivity index is 2.10. The summed E-state index contributed by atoms with van der Waals surface area (Å²) in [5, 5.41) is 0. The molecule has 0 fully saturated rings. The van der Waals surface area contributed by atoms with Gasteiger partial charge in [-0.3, -0.25) is 0 Å². The van der Waals surface area contributed by atoms with E-state index >= 15 is 0 Å². The van der Waals surface area contributed by atoms with Crippen molar-refractivity contribution in [3.05, 3.63) is 101 Å². The van der Waals surface area contributed by atoms with E-state index in [0.29, 0.717) is 0 Å².